The molecule has 2 rings (SSSR count). The third kappa shape index (κ3) is 3.72. The van der Waals surface area contributed by atoms with Crippen LogP contribution in [0.2, 0.25) is 0 Å². The van der Waals surface area contributed by atoms with E-state index in [0.717, 1.165) is 5.56 Å². The van der Waals surface area contributed by atoms with Gasteiger partial charge in [-0.3, -0.25) is 0 Å². The van der Waals surface area contributed by atoms with Gasteiger partial charge in [0.1, 0.15) is 11.6 Å². The third-order valence-electron chi connectivity index (χ3n) is 3.05. The van der Waals surface area contributed by atoms with Crippen molar-refractivity contribution in [3.05, 3.63) is 59.4 Å². The molecule has 2 N–H and O–H groups in total. The maximum absolute atomic E-state index is 13.4. The van der Waals surface area contributed by atoms with Crippen LogP contribution in [0, 0.1) is 12.7 Å². The molecule has 2 aromatic rings. The summed E-state index contributed by atoms with van der Waals surface area (Å²) in [6, 6.07) is 10.1. The van der Waals surface area contributed by atoms with Gasteiger partial charge in [0.2, 0.25) is 0 Å². The summed E-state index contributed by atoms with van der Waals surface area (Å²) in [4.78, 5) is 11.4. The molecule has 5 heteroatoms. The number of carboxylic acid groups (broad SMARTS) is 1. The first-order valence-corrected chi connectivity index (χ1v) is 6.40. The Bertz CT molecular complexity index is 620. The highest BCUT2D eigenvalue weighted by atomic mass is 19.1. The molecule has 1 unspecified atom stereocenters. The van der Waals surface area contributed by atoms with Crippen molar-refractivity contribution in [3.63, 3.8) is 0 Å². The normalized spacial score (nSPS) is 11.8. The molecule has 0 fully saturated rings. The predicted molar refractivity (Wildman–Crippen MR) is 78.1 cm³/mol. The van der Waals surface area contributed by atoms with Gasteiger partial charge in [-0.05, 0) is 48.4 Å². The van der Waals surface area contributed by atoms with Gasteiger partial charge in [-0.1, -0.05) is 12.1 Å². The van der Waals surface area contributed by atoms with E-state index in [0.29, 0.717) is 17.0 Å². The maximum atomic E-state index is 13.4. The number of carbonyl (C=O) groups is 1. The first-order valence-electron chi connectivity index (χ1n) is 6.40. The molecule has 0 spiro atoms. The van der Waals surface area contributed by atoms with Crippen LogP contribution in [0.4, 0.5) is 10.1 Å². The molecule has 21 heavy (non-hydrogen) atoms. The zero-order valence-electron chi connectivity index (χ0n) is 11.8. The van der Waals surface area contributed by atoms with E-state index in [-0.39, 0.29) is 0 Å². The molecule has 0 aliphatic heterocycles. The number of benzene rings is 2. The molecule has 0 amide bonds. The second-order valence-corrected chi connectivity index (χ2v) is 4.71. The number of methoxy groups -OCH3 is 1. The molecule has 110 valence electrons. The lowest BCUT2D eigenvalue weighted by Crippen LogP contribution is -2.20. The van der Waals surface area contributed by atoms with E-state index in [2.05, 4.69) is 5.32 Å². The number of hydrogen-bond donors (Lipinski definition) is 2. The average molecular weight is 289 g/mol. The summed E-state index contributed by atoms with van der Waals surface area (Å²) in [5, 5.41) is 12.2. The Kier molecular flexibility index (Phi) is 4.42. The topological polar surface area (TPSA) is 58.6 Å². The second kappa shape index (κ2) is 6.26. The fourth-order valence-corrected chi connectivity index (χ4v) is 2.07. The van der Waals surface area contributed by atoms with Crippen molar-refractivity contribution in [2.75, 3.05) is 12.4 Å². The number of rotatable bonds is 5. The molecule has 0 bridgehead atoms. The Labute approximate surface area is 122 Å². The van der Waals surface area contributed by atoms with Crippen LogP contribution in [0.15, 0.2) is 42.5 Å². The van der Waals surface area contributed by atoms with Gasteiger partial charge in [-0.2, -0.15) is 0 Å². The number of aryl methyl sites for hydroxylation is 1. The lowest BCUT2D eigenvalue weighted by Gasteiger charge is -2.17. The molecule has 2 aromatic carbocycles. The zero-order valence-corrected chi connectivity index (χ0v) is 11.8. The van der Waals surface area contributed by atoms with Gasteiger partial charge >= 0.3 is 5.97 Å². The van der Waals surface area contributed by atoms with Crippen molar-refractivity contribution >= 4 is 11.7 Å². The number of nitrogens with one attached hydrogen (secondary N) is 1. The first-order chi connectivity index (χ1) is 9.99. The number of ether oxygens (including phenoxy) is 1. The van der Waals surface area contributed by atoms with Crippen molar-refractivity contribution < 1.29 is 19.0 Å². The van der Waals surface area contributed by atoms with Gasteiger partial charge in [-0.25, -0.2) is 9.18 Å². The lowest BCUT2D eigenvalue weighted by molar-refractivity contribution is -0.138. The highest BCUT2D eigenvalue weighted by Gasteiger charge is 2.20. The van der Waals surface area contributed by atoms with Crippen LogP contribution in [0.3, 0.4) is 0 Å². The van der Waals surface area contributed by atoms with Crippen LogP contribution >= 0.6 is 0 Å². The number of anilines is 1. The van der Waals surface area contributed by atoms with E-state index in [1.54, 1.807) is 37.3 Å². The number of hydrogen-bond acceptors (Lipinski definition) is 3. The Balaban J connectivity index is 2.28. The van der Waals surface area contributed by atoms with Gasteiger partial charge in [0, 0.05) is 5.69 Å². The van der Waals surface area contributed by atoms with Crippen LogP contribution in [-0.2, 0) is 4.79 Å². The Morgan fingerprint density at radius 2 is 1.90 bits per heavy atom. The Hall–Kier alpha value is -2.56. The largest absolute Gasteiger partial charge is 0.497 e. The van der Waals surface area contributed by atoms with E-state index < -0.39 is 17.8 Å². The van der Waals surface area contributed by atoms with Crippen LogP contribution in [0.1, 0.15) is 17.2 Å². The minimum Gasteiger partial charge on any atom is -0.497 e. The quantitative estimate of drug-likeness (QED) is 0.886. The minimum atomic E-state index is -1.04. The Morgan fingerprint density at radius 3 is 2.43 bits per heavy atom. The molecule has 0 radical (unpaired) electrons. The number of aliphatic carboxylic acids is 1. The summed E-state index contributed by atoms with van der Waals surface area (Å²) in [6.45, 7) is 1.75. The summed E-state index contributed by atoms with van der Waals surface area (Å²) in [6.07, 6.45) is 0. The minimum absolute atomic E-state index is 0.406. The average Bonchev–Trinajstić information content (AvgIpc) is 2.43. The zero-order chi connectivity index (χ0) is 15.4. The highest BCUT2D eigenvalue weighted by Crippen LogP contribution is 2.23. The number of halogens is 1. The summed E-state index contributed by atoms with van der Waals surface area (Å²) < 4.78 is 18.4. The van der Waals surface area contributed by atoms with Gasteiger partial charge < -0.3 is 15.2 Å². The van der Waals surface area contributed by atoms with Crippen molar-refractivity contribution in [1.29, 1.82) is 0 Å². The summed E-state index contributed by atoms with van der Waals surface area (Å²) in [7, 11) is 1.54. The lowest BCUT2D eigenvalue weighted by atomic mass is 10.1. The summed E-state index contributed by atoms with van der Waals surface area (Å²) >= 11 is 0. The molecule has 0 saturated heterocycles. The molecule has 0 aliphatic carbocycles. The van der Waals surface area contributed by atoms with Crippen LogP contribution in [0.25, 0.3) is 0 Å². The van der Waals surface area contributed by atoms with E-state index in [1.807, 2.05) is 0 Å². The number of carboxylic acids is 1. The second-order valence-electron chi connectivity index (χ2n) is 4.71. The molecule has 0 heterocycles. The smallest absolute Gasteiger partial charge is 0.330 e. The molecular weight excluding hydrogens is 273 g/mol. The first kappa shape index (κ1) is 14.8. The van der Waals surface area contributed by atoms with E-state index >= 15 is 0 Å². The molecule has 4 nitrogen and oxygen atoms in total. The molecular formula is C16H16FNO3. The van der Waals surface area contributed by atoms with Crippen molar-refractivity contribution in [2.45, 2.75) is 13.0 Å². The van der Waals surface area contributed by atoms with Gasteiger partial charge in [0.05, 0.1) is 7.11 Å². The van der Waals surface area contributed by atoms with E-state index in [1.165, 1.54) is 19.2 Å². The van der Waals surface area contributed by atoms with Crippen LogP contribution in [-0.4, -0.2) is 18.2 Å². The monoisotopic (exact) mass is 289 g/mol. The molecule has 0 aromatic heterocycles. The van der Waals surface area contributed by atoms with Gasteiger partial charge in [0.15, 0.2) is 6.04 Å². The fraction of sp³-hybridized carbons (Fsp3) is 0.188. The Morgan fingerprint density at radius 1 is 1.24 bits per heavy atom. The molecule has 0 aliphatic rings. The van der Waals surface area contributed by atoms with Gasteiger partial charge in [0.25, 0.3) is 0 Å². The van der Waals surface area contributed by atoms with Gasteiger partial charge in [-0.15, -0.1) is 0 Å². The SMILES string of the molecule is COc1ccc(C(Nc2cc(C)cc(F)c2)C(=O)O)cc1. The maximum Gasteiger partial charge on any atom is 0.330 e. The fourth-order valence-electron chi connectivity index (χ4n) is 2.07. The van der Waals surface area contributed by atoms with Crippen LogP contribution in [0.5, 0.6) is 5.75 Å². The standard InChI is InChI=1S/C16H16FNO3/c1-10-7-12(17)9-13(8-10)18-15(16(19)20)11-3-5-14(21-2)6-4-11/h3-9,15,18H,1-2H3,(H,19,20). The third-order valence-corrected chi connectivity index (χ3v) is 3.05. The van der Waals surface area contributed by atoms with Crippen molar-refractivity contribution in [3.8, 4) is 5.75 Å². The van der Waals surface area contributed by atoms with E-state index in [9.17, 15) is 14.3 Å². The summed E-state index contributed by atoms with van der Waals surface area (Å²) in [5.41, 5.74) is 1.71. The molecule has 0 saturated carbocycles. The van der Waals surface area contributed by atoms with Crippen LogP contribution < -0.4 is 10.1 Å². The summed E-state index contributed by atoms with van der Waals surface area (Å²) in [5.74, 6) is -0.803. The highest BCUT2D eigenvalue weighted by molar-refractivity contribution is 5.79. The van der Waals surface area contributed by atoms with Crippen molar-refractivity contribution in [1.82, 2.24) is 0 Å². The van der Waals surface area contributed by atoms with E-state index in [4.69, 9.17) is 4.74 Å². The van der Waals surface area contributed by atoms with Crippen molar-refractivity contribution in [2.24, 2.45) is 0 Å². The predicted octanol–water partition coefficient (Wildman–Crippen LogP) is 3.38. The molecule has 1 atom stereocenters.